The molecule has 14 heavy (non-hydrogen) atoms. The van der Waals surface area contributed by atoms with Gasteiger partial charge < -0.3 is 5.11 Å². The molecule has 0 bridgehead atoms. The monoisotopic (exact) mass is 188 g/mol. The Labute approximate surface area is 85.1 Å². The molecule has 0 unspecified atom stereocenters. The zero-order chi connectivity index (χ0) is 9.80. The Morgan fingerprint density at radius 3 is 2.79 bits per heavy atom. The second-order valence-electron chi connectivity index (χ2n) is 3.94. The summed E-state index contributed by atoms with van der Waals surface area (Å²) in [5, 5.41) is 8.76. The normalized spacial score (nSPS) is 25.5. The Kier molecular flexibility index (Phi) is 3.00. The van der Waals surface area contributed by atoms with Crippen LogP contribution in [0.4, 0.5) is 0 Å². The third-order valence-corrected chi connectivity index (χ3v) is 2.81. The maximum atomic E-state index is 8.76. The van der Waals surface area contributed by atoms with Crippen molar-refractivity contribution >= 4 is 6.08 Å². The molecule has 0 aromatic heterocycles. The predicted molar refractivity (Wildman–Crippen MR) is 58.8 cm³/mol. The van der Waals surface area contributed by atoms with Crippen LogP contribution in [0.15, 0.2) is 36.4 Å². The fourth-order valence-corrected chi connectivity index (χ4v) is 1.80. The van der Waals surface area contributed by atoms with Gasteiger partial charge in [-0.3, -0.25) is 0 Å². The van der Waals surface area contributed by atoms with Crippen LogP contribution in [0.25, 0.3) is 6.08 Å². The first-order valence-corrected chi connectivity index (χ1v) is 5.24. The Morgan fingerprint density at radius 1 is 1.29 bits per heavy atom. The van der Waals surface area contributed by atoms with Crippen molar-refractivity contribution in [3.8, 4) is 0 Å². The van der Waals surface area contributed by atoms with Gasteiger partial charge in [-0.05, 0) is 30.2 Å². The molecular weight excluding hydrogens is 172 g/mol. The summed E-state index contributed by atoms with van der Waals surface area (Å²) in [5.74, 6) is 1.45. The van der Waals surface area contributed by atoms with Gasteiger partial charge in [-0.15, -0.1) is 0 Å². The fraction of sp³-hybridized carbons (Fsp3) is 0.385. The van der Waals surface area contributed by atoms with E-state index in [0.717, 1.165) is 12.3 Å². The van der Waals surface area contributed by atoms with E-state index in [9.17, 15) is 0 Å². The highest BCUT2D eigenvalue weighted by Gasteiger charge is 2.33. The van der Waals surface area contributed by atoms with Crippen molar-refractivity contribution in [1.29, 1.82) is 0 Å². The third kappa shape index (κ3) is 2.46. The summed E-state index contributed by atoms with van der Waals surface area (Å²) in [4.78, 5) is 0. The van der Waals surface area contributed by atoms with Crippen LogP contribution in [0.1, 0.15) is 18.4 Å². The minimum Gasteiger partial charge on any atom is -0.396 e. The highest BCUT2D eigenvalue weighted by atomic mass is 16.3. The molecule has 0 amide bonds. The molecule has 2 atom stereocenters. The van der Waals surface area contributed by atoms with Crippen LogP contribution in [-0.2, 0) is 0 Å². The van der Waals surface area contributed by atoms with E-state index in [2.05, 4.69) is 36.4 Å². The summed E-state index contributed by atoms with van der Waals surface area (Å²) in [5.41, 5.74) is 1.27. The van der Waals surface area contributed by atoms with Crippen molar-refractivity contribution in [2.45, 2.75) is 12.8 Å². The van der Waals surface area contributed by atoms with E-state index in [1.54, 1.807) is 0 Å². The van der Waals surface area contributed by atoms with Gasteiger partial charge in [-0.25, -0.2) is 0 Å². The molecule has 0 heterocycles. The zero-order valence-electron chi connectivity index (χ0n) is 8.26. The smallest absolute Gasteiger partial charge is 0.0433 e. The standard InChI is InChI=1S/C13H16O/c14-9-8-13-10-12(13)7-6-11-4-2-1-3-5-11/h1-7,12-14H,8-10H2/b7-6+/t12-,13-/m0/s1. The number of hydrogen-bond donors (Lipinski definition) is 1. The molecular formula is C13H16O. The van der Waals surface area contributed by atoms with Gasteiger partial charge in [0.05, 0.1) is 0 Å². The third-order valence-electron chi connectivity index (χ3n) is 2.81. The zero-order valence-corrected chi connectivity index (χ0v) is 8.26. The molecule has 1 fully saturated rings. The highest BCUT2D eigenvalue weighted by Crippen LogP contribution is 2.42. The number of rotatable bonds is 4. The number of benzene rings is 1. The lowest BCUT2D eigenvalue weighted by molar-refractivity contribution is 0.278. The molecule has 1 aromatic rings. The highest BCUT2D eigenvalue weighted by molar-refractivity contribution is 5.49. The minimum atomic E-state index is 0.334. The summed E-state index contributed by atoms with van der Waals surface area (Å²) in [6, 6.07) is 10.4. The van der Waals surface area contributed by atoms with E-state index in [-0.39, 0.29) is 0 Å². The van der Waals surface area contributed by atoms with Gasteiger partial charge in [-0.2, -0.15) is 0 Å². The van der Waals surface area contributed by atoms with E-state index in [4.69, 9.17) is 5.11 Å². The number of hydrogen-bond acceptors (Lipinski definition) is 1. The first-order valence-electron chi connectivity index (χ1n) is 5.24. The number of allylic oxidation sites excluding steroid dienone is 1. The van der Waals surface area contributed by atoms with Gasteiger partial charge in [0.15, 0.2) is 0 Å². The molecule has 0 saturated heterocycles. The maximum absolute atomic E-state index is 8.76. The summed E-state index contributed by atoms with van der Waals surface area (Å²) in [7, 11) is 0. The average molecular weight is 188 g/mol. The van der Waals surface area contributed by atoms with Gasteiger partial charge in [0.25, 0.3) is 0 Å². The number of aliphatic hydroxyl groups is 1. The van der Waals surface area contributed by atoms with Crippen LogP contribution < -0.4 is 0 Å². The van der Waals surface area contributed by atoms with Gasteiger partial charge in [0.2, 0.25) is 0 Å². The summed E-state index contributed by atoms with van der Waals surface area (Å²) < 4.78 is 0. The Morgan fingerprint density at radius 2 is 2.07 bits per heavy atom. The lowest BCUT2D eigenvalue weighted by Gasteiger charge is -1.92. The Balaban J connectivity index is 1.85. The lowest BCUT2D eigenvalue weighted by Crippen LogP contribution is -1.85. The largest absolute Gasteiger partial charge is 0.396 e. The molecule has 0 spiro atoms. The minimum absolute atomic E-state index is 0.334. The van der Waals surface area contributed by atoms with E-state index >= 15 is 0 Å². The molecule has 0 radical (unpaired) electrons. The van der Waals surface area contributed by atoms with Gasteiger partial charge >= 0.3 is 0 Å². The molecule has 1 aliphatic carbocycles. The van der Waals surface area contributed by atoms with E-state index < -0.39 is 0 Å². The summed E-state index contributed by atoms with van der Waals surface area (Å²) in [6.07, 6.45) is 6.67. The molecule has 1 nitrogen and oxygen atoms in total. The number of aliphatic hydroxyl groups excluding tert-OH is 1. The molecule has 1 N–H and O–H groups in total. The van der Waals surface area contributed by atoms with Crippen molar-refractivity contribution < 1.29 is 5.11 Å². The van der Waals surface area contributed by atoms with Crippen molar-refractivity contribution in [1.82, 2.24) is 0 Å². The average Bonchev–Trinajstić information content (AvgIpc) is 2.96. The van der Waals surface area contributed by atoms with Crippen LogP contribution in [0.3, 0.4) is 0 Å². The summed E-state index contributed by atoms with van der Waals surface area (Å²) >= 11 is 0. The van der Waals surface area contributed by atoms with Crippen molar-refractivity contribution in [2.24, 2.45) is 11.8 Å². The van der Waals surface area contributed by atoms with Crippen LogP contribution in [-0.4, -0.2) is 11.7 Å². The van der Waals surface area contributed by atoms with E-state index in [1.165, 1.54) is 12.0 Å². The van der Waals surface area contributed by atoms with E-state index in [1.807, 2.05) is 6.07 Å². The SMILES string of the molecule is OCC[C@H]1C[C@@H]1/C=C/c1ccccc1. The maximum Gasteiger partial charge on any atom is 0.0433 e. The van der Waals surface area contributed by atoms with Crippen LogP contribution in [0, 0.1) is 11.8 Å². The summed E-state index contributed by atoms with van der Waals surface area (Å²) in [6.45, 7) is 0.334. The molecule has 1 aromatic carbocycles. The Bertz CT molecular complexity index is 302. The molecule has 1 saturated carbocycles. The molecule has 1 heteroatoms. The molecule has 0 aliphatic heterocycles. The van der Waals surface area contributed by atoms with Crippen LogP contribution in [0.5, 0.6) is 0 Å². The fourth-order valence-electron chi connectivity index (χ4n) is 1.80. The predicted octanol–water partition coefficient (Wildman–Crippen LogP) is 2.72. The lowest BCUT2D eigenvalue weighted by atomic mass is 10.2. The van der Waals surface area contributed by atoms with Gasteiger partial charge in [0.1, 0.15) is 0 Å². The van der Waals surface area contributed by atoms with Gasteiger partial charge in [0, 0.05) is 6.61 Å². The van der Waals surface area contributed by atoms with E-state index in [0.29, 0.717) is 12.5 Å². The van der Waals surface area contributed by atoms with Crippen molar-refractivity contribution in [2.75, 3.05) is 6.61 Å². The topological polar surface area (TPSA) is 20.2 Å². The molecule has 2 rings (SSSR count). The second kappa shape index (κ2) is 4.43. The quantitative estimate of drug-likeness (QED) is 0.770. The molecule has 1 aliphatic rings. The Hall–Kier alpha value is -1.08. The van der Waals surface area contributed by atoms with Crippen molar-refractivity contribution in [3.05, 3.63) is 42.0 Å². The first kappa shape index (κ1) is 9.47. The van der Waals surface area contributed by atoms with Crippen LogP contribution in [0.2, 0.25) is 0 Å². The molecule has 74 valence electrons. The second-order valence-corrected chi connectivity index (χ2v) is 3.94. The van der Waals surface area contributed by atoms with Crippen molar-refractivity contribution in [3.63, 3.8) is 0 Å². The van der Waals surface area contributed by atoms with Crippen LogP contribution >= 0.6 is 0 Å². The first-order chi connectivity index (χ1) is 6.90. The van der Waals surface area contributed by atoms with Gasteiger partial charge in [-0.1, -0.05) is 42.5 Å².